The summed E-state index contributed by atoms with van der Waals surface area (Å²) in [6, 6.07) is 4.39. The molecule has 1 aromatic carbocycles. The lowest BCUT2D eigenvalue weighted by molar-refractivity contribution is -0.144. The molecule has 51 heavy (non-hydrogen) atoms. The molecule has 4 N–H and O–H groups in total. The van der Waals surface area contributed by atoms with Crippen molar-refractivity contribution in [3.8, 4) is 0 Å². The molecule has 1 aromatic rings. The number of alkyl carbamates (subject to hydrolysis) is 1. The predicted octanol–water partition coefficient (Wildman–Crippen LogP) is 2.71. The van der Waals surface area contributed by atoms with Gasteiger partial charge in [-0.25, -0.2) is 4.79 Å². The van der Waals surface area contributed by atoms with Gasteiger partial charge in [0.15, 0.2) is 0 Å². The van der Waals surface area contributed by atoms with Gasteiger partial charge in [0.25, 0.3) is 5.91 Å². The number of nitrogens with one attached hydrogen (secondary N) is 4. The van der Waals surface area contributed by atoms with Gasteiger partial charge in [-0.1, -0.05) is 92.1 Å². The molecule has 1 fully saturated rings. The second-order valence-electron chi connectivity index (χ2n) is 15.7. The lowest BCUT2D eigenvalue weighted by Gasteiger charge is -2.36. The maximum absolute atomic E-state index is 14.1. The molecule has 0 radical (unpaired) electrons. The minimum atomic E-state index is -1.22. The standard InChI is InChI=1S/C37H58N6O8/c1-12-16-25(29(45)32(47)38-20-27(44)40-28(33(48)42(10)11)24-17-14-13-15-18-24)39-31(46)26-19-37(8,9)21-43(26)34(49)30(36(5,6)7)41-35(50)51-23(4)22(2)3/h13-15,17-18,22-23,25-26,28,30H,12,16,19-21H2,1-11H3,(H,38,47)(H,39,46)(H,40,44)(H,41,50)/t23-,25?,26+,28?,30-/m1/s1. The molecule has 1 aliphatic rings. The smallest absolute Gasteiger partial charge is 0.408 e. The van der Waals surface area contributed by atoms with Gasteiger partial charge in [-0.05, 0) is 42.1 Å². The molecule has 5 atom stereocenters. The van der Waals surface area contributed by atoms with Crippen LogP contribution in [0, 0.1) is 16.7 Å². The Hall–Kier alpha value is -4.49. The fourth-order valence-corrected chi connectivity index (χ4v) is 5.64. The van der Waals surface area contributed by atoms with Crippen molar-refractivity contribution in [2.24, 2.45) is 16.7 Å². The Balaban J connectivity index is 2.18. The number of ether oxygens (including phenoxy) is 1. The number of Topliss-reactive ketones (excluding diaryl/α,β-unsaturated/α-hetero) is 1. The average molecular weight is 715 g/mol. The highest BCUT2D eigenvalue weighted by Crippen LogP contribution is 2.36. The van der Waals surface area contributed by atoms with Gasteiger partial charge in [-0.15, -0.1) is 0 Å². The molecule has 2 unspecified atom stereocenters. The lowest BCUT2D eigenvalue weighted by atomic mass is 9.85. The maximum atomic E-state index is 14.1. The summed E-state index contributed by atoms with van der Waals surface area (Å²) < 4.78 is 5.47. The van der Waals surface area contributed by atoms with E-state index in [1.54, 1.807) is 79.0 Å². The van der Waals surface area contributed by atoms with Gasteiger partial charge >= 0.3 is 6.09 Å². The van der Waals surface area contributed by atoms with Gasteiger partial charge in [-0.3, -0.25) is 28.8 Å². The Morgan fingerprint density at radius 2 is 1.57 bits per heavy atom. The summed E-state index contributed by atoms with van der Waals surface area (Å²) in [5, 5.41) is 10.3. The molecule has 0 bridgehead atoms. The zero-order valence-electron chi connectivity index (χ0n) is 32.0. The molecule has 2 rings (SSSR count). The normalized spacial score (nSPS) is 17.7. The van der Waals surface area contributed by atoms with Crippen molar-refractivity contribution in [1.29, 1.82) is 0 Å². The summed E-state index contributed by atoms with van der Waals surface area (Å²) in [4.78, 5) is 95.3. The first-order chi connectivity index (χ1) is 23.6. The second-order valence-corrected chi connectivity index (χ2v) is 15.7. The van der Waals surface area contributed by atoms with Crippen molar-refractivity contribution in [1.82, 2.24) is 31.1 Å². The van der Waals surface area contributed by atoms with E-state index in [4.69, 9.17) is 4.74 Å². The third-order valence-electron chi connectivity index (χ3n) is 8.88. The Morgan fingerprint density at radius 1 is 0.961 bits per heavy atom. The molecule has 14 heteroatoms. The Morgan fingerprint density at radius 3 is 2.10 bits per heavy atom. The van der Waals surface area contributed by atoms with Crippen LogP contribution in [0.15, 0.2) is 30.3 Å². The minimum absolute atomic E-state index is 0.0655. The van der Waals surface area contributed by atoms with Crippen LogP contribution in [0.1, 0.15) is 93.2 Å². The number of carbonyl (C=O) groups is 7. The number of hydrogen-bond acceptors (Lipinski definition) is 8. The van der Waals surface area contributed by atoms with Crippen LogP contribution < -0.4 is 21.3 Å². The van der Waals surface area contributed by atoms with Crippen LogP contribution in [0.25, 0.3) is 0 Å². The van der Waals surface area contributed by atoms with Gasteiger partial charge in [0.2, 0.25) is 29.4 Å². The van der Waals surface area contributed by atoms with Gasteiger partial charge in [0, 0.05) is 20.6 Å². The number of hydrogen-bond donors (Lipinski definition) is 4. The van der Waals surface area contributed by atoms with E-state index in [-0.39, 0.29) is 37.3 Å². The van der Waals surface area contributed by atoms with E-state index in [1.165, 1.54) is 9.80 Å². The van der Waals surface area contributed by atoms with Crippen LogP contribution in [0.3, 0.4) is 0 Å². The Bertz CT molecular complexity index is 1420. The van der Waals surface area contributed by atoms with Crippen LogP contribution >= 0.6 is 0 Å². The quantitative estimate of drug-likeness (QED) is 0.200. The van der Waals surface area contributed by atoms with E-state index >= 15 is 0 Å². The van der Waals surface area contributed by atoms with E-state index in [9.17, 15) is 33.6 Å². The minimum Gasteiger partial charge on any atom is -0.446 e. The van der Waals surface area contributed by atoms with Crippen molar-refractivity contribution in [3.05, 3.63) is 35.9 Å². The number of ketones is 1. The molecule has 284 valence electrons. The van der Waals surface area contributed by atoms with Gasteiger partial charge < -0.3 is 35.8 Å². The molecule has 6 amide bonds. The van der Waals surface area contributed by atoms with E-state index in [2.05, 4.69) is 21.3 Å². The maximum Gasteiger partial charge on any atom is 0.408 e. The number of carbonyl (C=O) groups excluding carboxylic acids is 7. The summed E-state index contributed by atoms with van der Waals surface area (Å²) in [5.74, 6) is -4.11. The summed E-state index contributed by atoms with van der Waals surface area (Å²) >= 11 is 0. The predicted molar refractivity (Wildman–Crippen MR) is 192 cm³/mol. The molecule has 0 saturated carbocycles. The van der Waals surface area contributed by atoms with Crippen molar-refractivity contribution >= 4 is 41.4 Å². The molecule has 0 aliphatic carbocycles. The molecular weight excluding hydrogens is 656 g/mol. The zero-order chi connectivity index (χ0) is 38.8. The first kappa shape index (κ1) is 42.7. The van der Waals surface area contributed by atoms with Gasteiger partial charge in [0.05, 0.1) is 12.6 Å². The van der Waals surface area contributed by atoms with E-state index in [0.29, 0.717) is 12.0 Å². The fraction of sp³-hybridized carbons (Fsp3) is 0.649. The largest absolute Gasteiger partial charge is 0.446 e. The van der Waals surface area contributed by atoms with E-state index in [1.807, 2.05) is 27.7 Å². The summed E-state index contributed by atoms with van der Waals surface area (Å²) in [6.07, 6.45) is -0.264. The fourth-order valence-electron chi connectivity index (χ4n) is 5.64. The molecule has 14 nitrogen and oxygen atoms in total. The molecule has 1 saturated heterocycles. The zero-order valence-corrected chi connectivity index (χ0v) is 32.0. The number of likely N-dealkylation sites (N-methyl/N-ethyl adjacent to an activating group) is 1. The number of nitrogens with zero attached hydrogens (tertiary/aromatic N) is 2. The van der Waals surface area contributed by atoms with Gasteiger partial charge in [0.1, 0.15) is 24.2 Å². The molecule has 1 aliphatic heterocycles. The average Bonchev–Trinajstić information content (AvgIpc) is 3.38. The number of benzene rings is 1. The van der Waals surface area contributed by atoms with Crippen molar-refractivity contribution < 1.29 is 38.3 Å². The van der Waals surface area contributed by atoms with Crippen LogP contribution in [-0.2, 0) is 33.5 Å². The Labute approximate surface area is 302 Å². The van der Waals surface area contributed by atoms with Crippen molar-refractivity contribution in [2.75, 3.05) is 27.2 Å². The first-order valence-electron chi connectivity index (χ1n) is 17.5. The van der Waals surface area contributed by atoms with Gasteiger partial charge in [-0.2, -0.15) is 0 Å². The molecule has 0 aromatic heterocycles. The molecule has 1 heterocycles. The van der Waals surface area contributed by atoms with Crippen molar-refractivity contribution in [2.45, 2.75) is 112 Å². The SMILES string of the molecule is CCCC(NC(=O)[C@@H]1CC(C)(C)CN1C(=O)[C@@H](NC(=O)O[C@H](C)C(C)C)C(C)(C)C)C(=O)C(=O)NCC(=O)NC(C(=O)N(C)C)c1ccccc1. The Kier molecular flexibility index (Phi) is 15.2. The highest BCUT2D eigenvalue weighted by molar-refractivity contribution is 6.38. The van der Waals surface area contributed by atoms with Crippen LogP contribution in [-0.4, -0.2) is 103 Å². The number of likely N-dealkylation sites (tertiary alicyclic amines) is 1. The monoisotopic (exact) mass is 714 g/mol. The van der Waals surface area contributed by atoms with Crippen LogP contribution in [0.4, 0.5) is 4.79 Å². The molecule has 0 spiro atoms. The third-order valence-corrected chi connectivity index (χ3v) is 8.88. The third kappa shape index (κ3) is 12.4. The number of amides is 6. The topological polar surface area (TPSA) is 183 Å². The second kappa shape index (κ2) is 18.1. The summed E-state index contributed by atoms with van der Waals surface area (Å²) in [7, 11) is 3.11. The highest BCUT2D eigenvalue weighted by Gasteiger charge is 2.48. The lowest BCUT2D eigenvalue weighted by Crippen LogP contribution is -2.59. The number of rotatable bonds is 15. The van der Waals surface area contributed by atoms with Crippen LogP contribution in [0.5, 0.6) is 0 Å². The molecular formula is C37H58N6O8. The van der Waals surface area contributed by atoms with E-state index < -0.39 is 77.0 Å². The highest BCUT2D eigenvalue weighted by atomic mass is 16.6. The summed E-state index contributed by atoms with van der Waals surface area (Å²) in [5.41, 5.74) is -0.657. The van der Waals surface area contributed by atoms with E-state index in [0.717, 1.165) is 0 Å². The summed E-state index contributed by atoms with van der Waals surface area (Å²) in [6.45, 7) is 16.2. The van der Waals surface area contributed by atoms with Crippen molar-refractivity contribution in [3.63, 3.8) is 0 Å². The van der Waals surface area contributed by atoms with Crippen LogP contribution in [0.2, 0.25) is 0 Å². The first-order valence-corrected chi connectivity index (χ1v) is 17.5.